The molecule has 0 spiro atoms. The molecule has 0 atom stereocenters. The lowest BCUT2D eigenvalue weighted by molar-refractivity contribution is 0.104. The van der Waals surface area contributed by atoms with Crippen molar-refractivity contribution < 1.29 is 15.0 Å². The molecule has 0 heterocycles. The first-order valence-electron chi connectivity index (χ1n) is 7.46. The van der Waals surface area contributed by atoms with E-state index in [1.807, 2.05) is 66.7 Å². The van der Waals surface area contributed by atoms with Crippen LogP contribution in [-0.4, -0.2) is 16.0 Å². The summed E-state index contributed by atoms with van der Waals surface area (Å²) < 4.78 is 0. The number of hydrogen-bond donors (Lipinski definition) is 2. The van der Waals surface area contributed by atoms with Crippen LogP contribution in [0.1, 0.15) is 15.9 Å². The van der Waals surface area contributed by atoms with Crippen LogP contribution < -0.4 is 0 Å². The Morgan fingerprint density at radius 3 is 1.62 bits per heavy atom. The molecule has 3 aromatic rings. The minimum Gasteiger partial charge on any atom is -0.504 e. The topological polar surface area (TPSA) is 57.5 Å². The third kappa shape index (κ3) is 5.46. The van der Waals surface area contributed by atoms with Gasteiger partial charge in [0, 0.05) is 5.56 Å². The van der Waals surface area contributed by atoms with Crippen LogP contribution in [0.15, 0.2) is 91.0 Å². The third-order valence-corrected chi connectivity index (χ3v) is 3.17. The first-order valence-corrected chi connectivity index (χ1v) is 7.46. The van der Waals surface area contributed by atoms with E-state index >= 15 is 0 Å². The number of benzene rings is 3. The van der Waals surface area contributed by atoms with Crippen molar-refractivity contribution in [1.82, 2.24) is 0 Å². The fourth-order valence-corrected chi connectivity index (χ4v) is 1.90. The van der Waals surface area contributed by atoms with Crippen molar-refractivity contribution in [2.24, 2.45) is 0 Å². The van der Waals surface area contributed by atoms with Gasteiger partial charge in [-0.15, -0.1) is 0 Å². The summed E-state index contributed by atoms with van der Waals surface area (Å²) >= 11 is 0. The average molecular weight is 318 g/mol. The van der Waals surface area contributed by atoms with Crippen LogP contribution in [0.4, 0.5) is 0 Å². The van der Waals surface area contributed by atoms with Crippen LogP contribution >= 0.6 is 0 Å². The Balaban J connectivity index is 0.000000219. The molecule has 0 aliphatic carbocycles. The largest absolute Gasteiger partial charge is 0.504 e. The molecule has 0 fully saturated rings. The van der Waals surface area contributed by atoms with Gasteiger partial charge < -0.3 is 10.2 Å². The van der Waals surface area contributed by atoms with Gasteiger partial charge in [0.05, 0.1) is 0 Å². The minimum absolute atomic E-state index is 0.0319. The number of para-hydroxylation sites is 2. The third-order valence-electron chi connectivity index (χ3n) is 3.17. The summed E-state index contributed by atoms with van der Waals surface area (Å²) in [6.45, 7) is 0. The van der Waals surface area contributed by atoms with Crippen LogP contribution in [0.3, 0.4) is 0 Å². The maximum absolute atomic E-state index is 11.7. The van der Waals surface area contributed by atoms with Crippen molar-refractivity contribution >= 4 is 11.9 Å². The first-order chi connectivity index (χ1) is 11.7. The van der Waals surface area contributed by atoms with Crippen molar-refractivity contribution in [1.29, 1.82) is 0 Å². The Morgan fingerprint density at radius 1 is 0.667 bits per heavy atom. The highest BCUT2D eigenvalue weighted by molar-refractivity contribution is 6.06. The van der Waals surface area contributed by atoms with E-state index in [9.17, 15) is 4.79 Å². The highest BCUT2D eigenvalue weighted by Gasteiger charge is 1.98. The molecule has 0 bridgehead atoms. The van der Waals surface area contributed by atoms with E-state index in [-0.39, 0.29) is 17.3 Å². The number of aromatic hydroxyl groups is 2. The van der Waals surface area contributed by atoms with Crippen LogP contribution in [0.5, 0.6) is 11.5 Å². The molecular formula is C21H18O3. The van der Waals surface area contributed by atoms with Gasteiger partial charge in [-0.1, -0.05) is 78.9 Å². The van der Waals surface area contributed by atoms with Gasteiger partial charge >= 0.3 is 0 Å². The molecule has 2 N–H and O–H groups in total. The number of carbonyl (C=O) groups is 1. The molecule has 0 aromatic heterocycles. The summed E-state index contributed by atoms with van der Waals surface area (Å²) in [6.07, 6.45) is 3.43. The van der Waals surface area contributed by atoms with E-state index in [1.165, 1.54) is 12.1 Å². The maximum atomic E-state index is 11.7. The van der Waals surface area contributed by atoms with E-state index < -0.39 is 0 Å². The molecule has 0 saturated carbocycles. The normalized spacial score (nSPS) is 10.0. The number of phenolic OH excluding ortho intramolecular Hbond substituents is 2. The molecule has 0 aliphatic heterocycles. The van der Waals surface area contributed by atoms with E-state index in [0.717, 1.165) is 11.1 Å². The van der Waals surface area contributed by atoms with Gasteiger partial charge in [0.15, 0.2) is 17.3 Å². The zero-order valence-electron chi connectivity index (χ0n) is 13.0. The quantitative estimate of drug-likeness (QED) is 0.419. The molecule has 0 amide bonds. The van der Waals surface area contributed by atoms with Crippen LogP contribution in [0.25, 0.3) is 6.08 Å². The highest BCUT2D eigenvalue weighted by atomic mass is 16.3. The summed E-state index contributed by atoms with van der Waals surface area (Å²) in [4.78, 5) is 11.7. The molecule has 0 unspecified atom stereocenters. The summed E-state index contributed by atoms with van der Waals surface area (Å²) in [5, 5.41) is 17.3. The lowest BCUT2D eigenvalue weighted by Crippen LogP contribution is -1.92. The summed E-state index contributed by atoms with van der Waals surface area (Å²) in [7, 11) is 0. The number of rotatable bonds is 3. The molecule has 3 heteroatoms. The Hall–Kier alpha value is -3.33. The van der Waals surface area contributed by atoms with E-state index in [4.69, 9.17) is 10.2 Å². The molecular weight excluding hydrogens is 300 g/mol. The van der Waals surface area contributed by atoms with Crippen molar-refractivity contribution in [3.8, 4) is 11.5 Å². The van der Waals surface area contributed by atoms with Crippen molar-refractivity contribution in [2.75, 3.05) is 0 Å². The lowest BCUT2D eigenvalue weighted by Gasteiger charge is -1.94. The van der Waals surface area contributed by atoms with Crippen LogP contribution in [-0.2, 0) is 0 Å². The predicted octanol–water partition coefficient (Wildman–Crippen LogP) is 4.68. The van der Waals surface area contributed by atoms with Gasteiger partial charge in [0.2, 0.25) is 0 Å². The average Bonchev–Trinajstić information content (AvgIpc) is 2.64. The van der Waals surface area contributed by atoms with Gasteiger partial charge in [-0.2, -0.15) is 0 Å². The van der Waals surface area contributed by atoms with Crippen LogP contribution in [0, 0.1) is 0 Å². The SMILES string of the molecule is O=C(C=Cc1ccccc1)c1ccccc1.Oc1ccccc1O. The molecule has 3 nitrogen and oxygen atoms in total. The molecule has 3 aromatic carbocycles. The number of phenols is 2. The number of ketones is 1. The van der Waals surface area contributed by atoms with Gasteiger partial charge in [0.25, 0.3) is 0 Å². The standard InChI is InChI=1S/C15H12O.C6H6O2/c16-15(14-9-5-2-6-10-14)12-11-13-7-3-1-4-8-13;7-5-3-1-2-4-6(5)8/h1-12H;1-4,7-8H. The zero-order chi connectivity index (χ0) is 17.2. The number of hydrogen-bond acceptors (Lipinski definition) is 3. The molecule has 3 rings (SSSR count). The smallest absolute Gasteiger partial charge is 0.185 e. The Bertz CT molecular complexity index is 773. The second kappa shape index (κ2) is 8.96. The molecule has 24 heavy (non-hydrogen) atoms. The fraction of sp³-hybridized carbons (Fsp3) is 0. The Morgan fingerprint density at radius 2 is 1.12 bits per heavy atom. The molecule has 0 aliphatic rings. The second-order valence-corrected chi connectivity index (χ2v) is 4.96. The molecule has 0 saturated heterocycles. The van der Waals surface area contributed by atoms with E-state index in [1.54, 1.807) is 18.2 Å². The van der Waals surface area contributed by atoms with Gasteiger partial charge in [-0.3, -0.25) is 4.79 Å². The predicted molar refractivity (Wildman–Crippen MR) is 96.0 cm³/mol. The Kier molecular flexibility index (Phi) is 6.35. The van der Waals surface area contributed by atoms with Crippen LogP contribution in [0.2, 0.25) is 0 Å². The summed E-state index contributed by atoms with van der Waals surface area (Å²) in [6, 6.07) is 25.2. The number of allylic oxidation sites excluding steroid dienone is 1. The first kappa shape index (κ1) is 17.0. The fourth-order valence-electron chi connectivity index (χ4n) is 1.90. The number of carbonyl (C=O) groups excluding carboxylic acids is 1. The van der Waals surface area contributed by atoms with E-state index in [2.05, 4.69) is 0 Å². The van der Waals surface area contributed by atoms with Crippen molar-refractivity contribution in [3.05, 3.63) is 102 Å². The zero-order valence-corrected chi connectivity index (χ0v) is 13.0. The van der Waals surface area contributed by atoms with Gasteiger partial charge in [-0.25, -0.2) is 0 Å². The highest BCUT2D eigenvalue weighted by Crippen LogP contribution is 2.21. The van der Waals surface area contributed by atoms with Crippen molar-refractivity contribution in [2.45, 2.75) is 0 Å². The maximum Gasteiger partial charge on any atom is 0.185 e. The molecule has 120 valence electrons. The summed E-state index contributed by atoms with van der Waals surface area (Å²) in [5.41, 5.74) is 1.75. The summed E-state index contributed by atoms with van der Waals surface area (Å²) in [5.74, 6) is -0.121. The van der Waals surface area contributed by atoms with Gasteiger partial charge in [-0.05, 0) is 23.8 Å². The second-order valence-electron chi connectivity index (χ2n) is 4.96. The Labute approximate surface area is 141 Å². The lowest BCUT2D eigenvalue weighted by atomic mass is 10.1. The van der Waals surface area contributed by atoms with Crippen molar-refractivity contribution in [3.63, 3.8) is 0 Å². The molecule has 0 radical (unpaired) electrons. The van der Waals surface area contributed by atoms with E-state index in [0.29, 0.717) is 0 Å². The monoisotopic (exact) mass is 318 g/mol. The van der Waals surface area contributed by atoms with Gasteiger partial charge in [0.1, 0.15) is 0 Å². The minimum atomic E-state index is -0.0764.